The minimum Gasteiger partial charge on any atom is -0.310 e. The minimum absolute atomic E-state index is 1.10. The Morgan fingerprint density at radius 3 is 1.09 bits per heavy atom. The molecule has 0 saturated carbocycles. The maximum Gasteiger partial charge on any atom is 0.0546 e. The molecule has 1 aliphatic rings. The smallest absolute Gasteiger partial charge is 0.0546 e. The van der Waals surface area contributed by atoms with Gasteiger partial charge in [-0.25, -0.2) is 0 Å². The van der Waals surface area contributed by atoms with Crippen LogP contribution in [0.25, 0.3) is 77.5 Å². The van der Waals surface area contributed by atoms with Crippen molar-refractivity contribution < 1.29 is 0 Å². The summed E-state index contributed by atoms with van der Waals surface area (Å²) in [6.45, 7) is 0. The van der Waals surface area contributed by atoms with Crippen molar-refractivity contribution in [2.45, 2.75) is 0 Å². The molecule has 0 amide bonds. The lowest BCUT2D eigenvalue weighted by Crippen LogP contribution is -2.12. The van der Waals surface area contributed by atoms with Crippen LogP contribution in [-0.2, 0) is 0 Å². The summed E-state index contributed by atoms with van der Waals surface area (Å²) < 4.78 is 0. The Kier molecular flexibility index (Phi) is 7.55. The molecule has 0 aromatic heterocycles. The summed E-state index contributed by atoms with van der Waals surface area (Å²) in [6, 6.07) is 77.0. The van der Waals surface area contributed by atoms with E-state index in [2.05, 4.69) is 217 Å². The molecule has 53 heavy (non-hydrogen) atoms. The second-order valence-corrected chi connectivity index (χ2v) is 13.6. The third-order valence-corrected chi connectivity index (χ3v) is 10.6. The van der Waals surface area contributed by atoms with Crippen LogP contribution in [0.2, 0.25) is 0 Å². The summed E-state index contributed by atoms with van der Waals surface area (Å²) in [5.74, 6) is 0. The first-order valence-electron chi connectivity index (χ1n) is 18.3. The molecule has 0 aliphatic heterocycles. The van der Waals surface area contributed by atoms with Crippen LogP contribution in [0.1, 0.15) is 0 Å². The normalized spacial score (nSPS) is 11.4. The Morgan fingerprint density at radius 1 is 0.245 bits per heavy atom. The molecular weight excluding hydrogens is 639 g/mol. The van der Waals surface area contributed by atoms with Crippen LogP contribution in [0.3, 0.4) is 0 Å². The van der Waals surface area contributed by atoms with Gasteiger partial charge in [-0.2, -0.15) is 0 Å². The van der Waals surface area contributed by atoms with Crippen molar-refractivity contribution >= 4 is 27.8 Å². The van der Waals surface area contributed by atoms with E-state index in [0.717, 1.165) is 17.1 Å². The number of benzene rings is 9. The molecule has 10 rings (SSSR count). The topological polar surface area (TPSA) is 3.24 Å². The van der Waals surface area contributed by atoms with E-state index in [0.29, 0.717) is 0 Å². The molecule has 0 N–H and O–H groups in total. The van der Waals surface area contributed by atoms with E-state index in [1.54, 1.807) is 0 Å². The van der Waals surface area contributed by atoms with Gasteiger partial charge in [0, 0.05) is 22.3 Å². The highest BCUT2D eigenvalue weighted by Gasteiger charge is 2.33. The van der Waals surface area contributed by atoms with Crippen LogP contribution in [0.5, 0.6) is 0 Å². The average molecular weight is 674 g/mol. The number of rotatable bonds is 7. The minimum atomic E-state index is 1.10. The first kappa shape index (κ1) is 30.8. The van der Waals surface area contributed by atoms with Crippen molar-refractivity contribution in [3.63, 3.8) is 0 Å². The number of nitrogens with zero attached hydrogens (tertiary/aromatic N) is 1. The summed E-state index contributed by atoms with van der Waals surface area (Å²) in [5.41, 5.74) is 18.4. The van der Waals surface area contributed by atoms with Crippen molar-refractivity contribution in [3.8, 4) is 66.8 Å². The lowest BCUT2D eigenvalue weighted by atomic mass is 9.70. The van der Waals surface area contributed by atoms with Gasteiger partial charge in [0.2, 0.25) is 0 Å². The summed E-state index contributed by atoms with van der Waals surface area (Å²) >= 11 is 0. The number of hydrogen-bond acceptors (Lipinski definition) is 1. The summed E-state index contributed by atoms with van der Waals surface area (Å²) in [6.07, 6.45) is 0. The molecule has 9 aromatic rings. The van der Waals surface area contributed by atoms with Gasteiger partial charge in [-0.1, -0.05) is 182 Å². The molecule has 0 fully saturated rings. The fraction of sp³-hybridized carbons (Fsp3) is 0. The zero-order chi connectivity index (χ0) is 35.1. The van der Waals surface area contributed by atoms with Crippen molar-refractivity contribution in [2.75, 3.05) is 4.90 Å². The van der Waals surface area contributed by atoms with Gasteiger partial charge in [0.1, 0.15) is 0 Å². The molecule has 0 radical (unpaired) electrons. The van der Waals surface area contributed by atoms with Crippen LogP contribution in [-0.4, -0.2) is 0 Å². The highest BCUT2D eigenvalue weighted by atomic mass is 15.1. The van der Waals surface area contributed by atoms with E-state index in [9.17, 15) is 0 Å². The fourth-order valence-electron chi connectivity index (χ4n) is 8.20. The standard InChI is InChI=1S/C52H35N/c1-5-16-36(17-6-1)38-28-32-42(33-29-38)53(43-34-30-39(31-35-43)37-18-7-2-8-19-37)47-27-15-26-46-48(40-20-9-3-10-21-40)51-44-24-13-14-25-45(44)52(51)49(50(46)47)41-22-11-4-12-23-41/h1-35H. The number of fused-ring (bicyclic) bond motifs is 5. The lowest BCUT2D eigenvalue weighted by Gasteiger charge is -2.34. The van der Waals surface area contributed by atoms with E-state index in [1.165, 1.54) is 77.5 Å². The average Bonchev–Trinajstić information content (AvgIpc) is 3.24. The largest absolute Gasteiger partial charge is 0.310 e. The van der Waals surface area contributed by atoms with Gasteiger partial charge in [0.25, 0.3) is 0 Å². The highest BCUT2D eigenvalue weighted by Crippen LogP contribution is 2.60. The quantitative estimate of drug-likeness (QED) is 0.163. The third-order valence-electron chi connectivity index (χ3n) is 10.6. The maximum atomic E-state index is 2.45. The van der Waals surface area contributed by atoms with E-state index in [1.807, 2.05) is 0 Å². The summed E-state index contributed by atoms with van der Waals surface area (Å²) in [4.78, 5) is 2.45. The second kappa shape index (κ2) is 13.0. The molecule has 1 heteroatoms. The van der Waals surface area contributed by atoms with E-state index in [-0.39, 0.29) is 0 Å². The second-order valence-electron chi connectivity index (χ2n) is 13.6. The molecule has 0 spiro atoms. The van der Waals surface area contributed by atoms with Gasteiger partial charge in [-0.05, 0) is 96.9 Å². The van der Waals surface area contributed by atoms with Crippen LogP contribution in [0, 0.1) is 0 Å². The Bertz CT molecular complexity index is 2630. The first-order chi connectivity index (χ1) is 26.3. The number of anilines is 3. The number of hydrogen-bond donors (Lipinski definition) is 0. The predicted octanol–water partition coefficient (Wildman–Crippen LogP) is 14.6. The SMILES string of the molecule is c1ccc(-c2ccc(N(c3ccc(-c4ccccc4)cc3)c3cccc4c(-c5ccccc5)c5c(c(-c6ccccc6)c34)-c3ccccc3-5)cc2)cc1. The Hall–Kier alpha value is -6.96. The molecule has 0 heterocycles. The molecule has 1 aliphatic carbocycles. The first-order valence-corrected chi connectivity index (χ1v) is 18.3. The van der Waals surface area contributed by atoms with Gasteiger partial charge in [0.15, 0.2) is 0 Å². The molecule has 0 bridgehead atoms. The van der Waals surface area contributed by atoms with E-state index in [4.69, 9.17) is 0 Å². The molecule has 248 valence electrons. The molecule has 0 saturated heterocycles. The van der Waals surface area contributed by atoms with E-state index < -0.39 is 0 Å². The summed E-state index contributed by atoms with van der Waals surface area (Å²) in [7, 11) is 0. The monoisotopic (exact) mass is 673 g/mol. The lowest BCUT2D eigenvalue weighted by molar-refractivity contribution is 1.30. The Labute approximate surface area is 310 Å². The van der Waals surface area contributed by atoms with Crippen LogP contribution in [0.15, 0.2) is 212 Å². The molecule has 9 aromatic carbocycles. The third kappa shape index (κ3) is 5.25. The molecule has 0 atom stereocenters. The van der Waals surface area contributed by atoms with Crippen molar-refractivity contribution in [1.29, 1.82) is 0 Å². The van der Waals surface area contributed by atoms with Gasteiger partial charge < -0.3 is 4.90 Å². The molecule has 0 unspecified atom stereocenters. The summed E-state index contributed by atoms with van der Waals surface area (Å²) in [5, 5.41) is 2.48. The van der Waals surface area contributed by atoms with E-state index >= 15 is 0 Å². The van der Waals surface area contributed by atoms with Crippen LogP contribution < -0.4 is 4.90 Å². The van der Waals surface area contributed by atoms with Crippen LogP contribution >= 0.6 is 0 Å². The van der Waals surface area contributed by atoms with Gasteiger partial charge in [-0.15, -0.1) is 0 Å². The van der Waals surface area contributed by atoms with Crippen molar-refractivity contribution in [1.82, 2.24) is 0 Å². The van der Waals surface area contributed by atoms with Gasteiger partial charge in [-0.3, -0.25) is 0 Å². The predicted molar refractivity (Wildman–Crippen MR) is 225 cm³/mol. The Morgan fingerprint density at radius 2 is 0.623 bits per heavy atom. The zero-order valence-electron chi connectivity index (χ0n) is 29.2. The van der Waals surface area contributed by atoms with Gasteiger partial charge >= 0.3 is 0 Å². The van der Waals surface area contributed by atoms with Crippen molar-refractivity contribution in [3.05, 3.63) is 212 Å². The van der Waals surface area contributed by atoms with Crippen LogP contribution in [0.4, 0.5) is 17.1 Å². The maximum absolute atomic E-state index is 2.45. The fourth-order valence-corrected chi connectivity index (χ4v) is 8.20. The highest BCUT2D eigenvalue weighted by molar-refractivity contribution is 6.27. The molecular formula is C52H35N. The van der Waals surface area contributed by atoms with Crippen molar-refractivity contribution in [2.24, 2.45) is 0 Å². The zero-order valence-corrected chi connectivity index (χ0v) is 29.2. The Balaban J connectivity index is 1.28. The van der Waals surface area contributed by atoms with Gasteiger partial charge in [0.05, 0.1) is 5.69 Å². The molecule has 1 nitrogen and oxygen atoms in total.